The van der Waals surface area contributed by atoms with Crippen LogP contribution in [-0.2, 0) is 4.74 Å². The molecule has 2 atom stereocenters. The molecule has 2 bridgehead atoms. The quantitative estimate of drug-likeness (QED) is 0.825. The fraction of sp³-hybridized carbons (Fsp3) is 1.00. The third-order valence-corrected chi connectivity index (χ3v) is 5.98. The average Bonchev–Trinajstić information content (AvgIpc) is 2.48. The van der Waals surface area contributed by atoms with Crippen LogP contribution in [0.3, 0.4) is 0 Å². The lowest BCUT2D eigenvalue weighted by Crippen LogP contribution is -2.72. The zero-order valence-corrected chi connectivity index (χ0v) is 12.5. The molecule has 2 unspecified atom stereocenters. The van der Waals surface area contributed by atoms with E-state index >= 15 is 0 Å². The van der Waals surface area contributed by atoms with E-state index in [0.717, 1.165) is 19.0 Å². The van der Waals surface area contributed by atoms with Crippen molar-refractivity contribution in [3.8, 4) is 0 Å². The normalized spacial score (nSPS) is 47.5. The van der Waals surface area contributed by atoms with Gasteiger partial charge in [0, 0.05) is 32.3 Å². The van der Waals surface area contributed by atoms with Crippen LogP contribution < -0.4 is 5.73 Å². The number of nitrogens with two attached hydrogens (primary N) is 1. The van der Waals surface area contributed by atoms with Gasteiger partial charge in [0.25, 0.3) is 0 Å². The first-order valence-electron chi connectivity index (χ1n) is 7.84. The van der Waals surface area contributed by atoms with Crippen LogP contribution in [-0.4, -0.2) is 67.3 Å². The Hall–Kier alpha value is -0.160. The summed E-state index contributed by atoms with van der Waals surface area (Å²) in [6, 6.07) is 0. The lowest BCUT2D eigenvalue weighted by Gasteiger charge is -2.60. The minimum atomic E-state index is 0.0203. The molecule has 0 aliphatic carbocycles. The fourth-order valence-corrected chi connectivity index (χ4v) is 4.62. The predicted molar refractivity (Wildman–Crippen MR) is 77.2 cm³/mol. The summed E-state index contributed by atoms with van der Waals surface area (Å²) in [5.41, 5.74) is 6.52. The molecular formula is C15H29N3O. The third-order valence-electron chi connectivity index (χ3n) is 5.98. The summed E-state index contributed by atoms with van der Waals surface area (Å²) >= 11 is 0. The second-order valence-electron chi connectivity index (χ2n) is 7.04. The van der Waals surface area contributed by atoms with Gasteiger partial charge in [0.2, 0.25) is 0 Å². The molecule has 0 saturated carbocycles. The Kier molecular flexibility index (Phi) is 3.63. The van der Waals surface area contributed by atoms with Crippen LogP contribution in [0.15, 0.2) is 0 Å². The number of nitrogens with zero attached hydrogens (tertiary/aromatic N) is 2. The van der Waals surface area contributed by atoms with Crippen molar-refractivity contribution in [2.75, 3.05) is 46.4 Å². The van der Waals surface area contributed by atoms with Crippen LogP contribution in [0.25, 0.3) is 0 Å². The van der Waals surface area contributed by atoms with E-state index < -0.39 is 0 Å². The highest BCUT2D eigenvalue weighted by Crippen LogP contribution is 2.41. The molecule has 4 rings (SSSR count). The van der Waals surface area contributed by atoms with E-state index in [1.54, 1.807) is 0 Å². The van der Waals surface area contributed by atoms with Gasteiger partial charge in [-0.2, -0.15) is 0 Å². The molecule has 4 fully saturated rings. The maximum absolute atomic E-state index is 6.28. The molecule has 0 aromatic rings. The van der Waals surface area contributed by atoms with Gasteiger partial charge in [-0.25, -0.2) is 0 Å². The number of likely N-dealkylation sites (tertiary alicyclic amines) is 1. The van der Waals surface area contributed by atoms with E-state index in [2.05, 4.69) is 16.7 Å². The summed E-state index contributed by atoms with van der Waals surface area (Å²) in [6.45, 7) is 9.03. The minimum absolute atomic E-state index is 0.0203. The predicted octanol–water partition coefficient (Wildman–Crippen LogP) is 0.910. The Morgan fingerprint density at radius 2 is 1.95 bits per heavy atom. The van der Waals surface area contributed by atoms with E-state index in [9.17, 15) is 0 Å². The molecule has 19 heavy (non-hydrogen) atoms. The number of hydrogen-bond acceptors (Lipinski definition) is 4. The molecule has 0 aromatic heterocycles. The Morgan fingerprint density at radius 1 is 1.21 bits per heavy atom. The average molecular weight is 267 g/mol. The van der Waals surface area contributed by atoms with Crippen molar-refractivity contribution in [1.29, 1.82) is 0 Å². The molecule has 0 radical (unpaired) electrons. The summed E-state index contributed by atoms with van der Waals surface area (Å²) < 4.78 is 5.77. The topological polar surface area (TPSA) is 41.7 Å². The molecule has 4 aliphatic rings. The first kappa shape index (κ1) is 13.8. The third kappa shape index (κ3) is 2.23. The molecule has 110 valence electrons. The fourth-order valence-electron chi connectivity index (χ4n) is 4.62. The van der Waals surface area contributed by atoms with Crippen LogP contribution >= 0.6 is 0 Å². The molecule has 4 heteroatoms. The first-order valence-corrected chi connectivity index (χ1v) is 7.84. The van der Waals surface area contributed by atoms with Gasteiger partial charge in [-0.1, -0.05) is 0 Å². The minimum Gasteiger partial charge on any atom is -0.377 e. The van der Waals surface area contributed by atoms with Crippen molar-refractivity contribution >= 4 is 0 Å². The van der Waals surface area contributed by atoms with Crippen molar-refractivity contribution in [3.63, 3.8) is 0 Å². The van der Waals surface area contributed by atoms with Gasteiger partial charge < -0.3 is 15.4 Å². The van der Waals surface area contributed by atoms with E-state index in [-0.39, 0.29) is 11.1 Å². The molecule has 0 aromatic carbocycles. The highest BCUT2D eigenvalue weighted by molar-refractivity contribution is 5.08. The lowest BCUT2D eigenvalue weighted by atomic mass is 9.70. The molecule has 4 nitrogen and oxygen atoms in total. The summed E-state index contributed by atoms with van der Waals surface area (Å²) in [4.78, 5) is 5.29. The molecule has 0 spiro atoms. The Bertz CT molecular complexity index is 329. The molecule has 4 heterocycles. The summed E-state index contributed by atoms with van der Waals surface area (Å²) in [6.07, 6.45) is 5.07. The van der Waals surface area contributed by atoms with Crippen molar-refractivity contribution in [2.24, 2.45) is 11.7 Å². The van der Waals surface area contributed by atoms with Crippen LogP contribution in [0.4, 0.5) is 0 Å². The number of ether oxygens (including phenoxy) is 1. The number of piperidine rings is 4. The molecule has 0 amide bonds. The van der Waals surface area contributed by atoms with Gasteiger partial charge in [-0.15, -0.1) is 0 Å². The summed E-state index contributed by atoms with van der Waals surface area (Å²) in [7, 11) is 1.86. The van der Waals surface area contributed by atoms with E-state index in [1.165, 1.54) is 51.9 Å². The van der Waals surface area contributed by atoms with Crippen LogP contribution in [0.2, 0.25) is 0 Å². The van der Waals surface area contributed by atoms with Crippen molar-refractivity contribution in [2.45, 2.75) is 43.7 Å². The lowest BCUT2D eigenvalue weighted by molar-refractivity contribution is -0.126. The number of fused-ring (bicyclic) bond motifs is 3. The standard InChI is InChI=1S/C15H29N3O/c1-14(19-2)6-3-7-18(11-14)15(10-16)12-17-8-4-13(15)5-9-17/h13H,3-12,16H2,1-2H3. The van der Waals surface area contributed by atoms with Crippen LogP contribution in [0, 0.1) is 5.92 Å². The van der Waals surface area contributed by atoms with E-state index in [1.807, 2.05) is 7.11 Å². The maximum Gasteiger partial charge on any atom is 0.0777 e. The zero-order valence-electron chi connectivity index (χ0n) is 12.5. The van der Waals surface area contributed by atoms with Gasteiger partial charge in [-0.05, 0) is 58.2 Å². The number of methoxy groups -OCH3 is 1. The number of hydrogen-bond donors (Lipinski definition) is 1. The van der Waals surface area contributed by atoms with Crippen molar-refractivity contribution in [1.82, 2.24) is 9.80 Å². The van der Waals surface area contributed by atoms with Crippen LogP contribution in [0.1, 0.15) is 32.6 Å². The molecule has 2 N–H and O–H groups in total. The van der Waals surface area contributed by atoms with Gasteiger partial charge >= 0.3 is 0 Å². The van der Waals surface area contributed by atoms with Crippen molar-refractivity contribution < 1.29 is 4.74 Å². The largest absolute Gasteiger partial charge is 0.377 e. The van der Waals surface area contributed by atoms with Gasteiger partial charge in [0.05, 0.1) is 5.60 Å². The Balaban J connectivity index is 1.82. The molecule has 4 saturated heterocycles. The Labute approximate surface area is 117 Å². The number of rotatable bonds is 3. The van der Waals surface area contributed by atoms with E-state index in [4.69, 9.17) is 10.5 Å². The second kappa shape index (κ2) is 4.99. The highest BCUT2D eigenvalue weighted by Gasteiger charge is 2.51. The SMILES string of the molecule is COC1(C)CCCN(C2(CN)CN3CCC2CC3)C1. The van der Waals surface area contributed by atoms with E-state index in [0.29, 0.717) is 0 Å². The first-order chi connectivity index (χ1) is 9.12. The second-order valence-corrected chi connectivity index (χ2v) is 7.04. The summed E-state index contributed by atoms with van der Waals surface area (Å²) in [5, 5.41) is 0. The highest BCUT2D eigenvalue weighted by atomic mass is 16.5. The Morgan fingerprint density at radius 3 is 2.47 bits per heavy atom. The smallest absolute Gasteiger partial charge is 0.0777 e. The van der Waals surface area contributed by atoms with Crippen molar-refractivity contribution in [3.05, 3.63) is 0 Å². The monoisotopic (exact) mass is 267 g/mol. The summed E-state index contributed by atoms with van der Waals surface area (Å²) in [5.74, 6) is 0.793. The maximum atomic E-state index is 6.28. The van der Waals surface area contributed by atoms with Crippen LogP contribution in [0.5, 0.6) is 0 Å². The molecule has 4 aliphatic heterocycles. The van der Waals surface area contributed by atoms with Gasteiger partial charge in [-0.3, -0.25) is 4.90 Å². The van der Waals surface area contributed by atoms with Gasteiger partial charge in [0.1, 0.15) is 0 Å². The van der Waals surface area contributed by atoms with Gasteiger partial charge in [0.15, 0.2) is 0 Å². The zero-order chi connectivity index (χ0) is 13.5. The molecular weight excluding hydrogens is 238 g/mol.